The SMILES string of the molecule is CC(C)(C)OC(=O)NN1[C@@H]2CC[C@H]1CN(c1nnc(Br)s1)C2. The Kier molecular flexibility index (Phi) is 4.30. The van der Waals surface area contributed by atoms with E-state index in [0.717, 1.165) is 35.0 Å². The zero-order valence-electron chi connectivity index (χ0n) is 12.9. The van der Waals surface area contributed by atoms with Crippen molar-refractivity contribution in [2.45, 2.75) is 51.3 Å². The van der Waals surface area contributed by atoms with Crippen LogP contribution in [0.3, 0.4) is 0 Å². The minimum absolute atomic E-state index is 0.286. The number of piperazine rings is 1. The first kappa shape index (κ1) is 15.9. The highest BCUT2D eigenvalue weighted by Crippen LogP contribution is 2.33. The number of rotatable bonds is 2. The van der Waals surface area contributed by atoms with Gasteiger partial charge >= 0.3 is 6.09 Å². The van der Waals surface area contributed by atoms with Gasteiger partial charge in [0.25, 0.3) is 0 Å². The van der Waals surface area contributed by atoms with Crippen LogP contribution in [0, 0.1) is 0 Å². The van der Waals surface area contributed by atoms with Gasteiger partial charge in [-0.2, -0.15) is 0 Å². The van der Waals surface area contributed by atoms with E-state index < -0.39 is 5.60 Å². The molecule has 1 aromatic heterocycles. The van der Waals surface area contributed by atoms with E-state index in [1.165, 1.54) is 11.3 Å². The molecular weight excluding hydrogens is 370 g/mol. The molecule has 2 aliphatic heterocycles. The summed E-state index contributed by atoms with van der Waals surface area (Å²) in [6.45, 7) is 7.28. The smallest absolute Gasteiger partial charge is 0.422 e. The van der Waals surface area contributed by atoms with E-state index in [1.54, 1.807) is 0 Å². The van der Waals surface area contributed by atoms with Crippen LogP contribution >= 0.6 is 27.3 Å². The number of nitrogens with zero attached hydrogens (tertiary/aromatic N) is 4. The zero-order valence-corrected chi connectivity index (χ0v) is 15.3. The van der Waals surface area contributed by atoms with Crippen molar-refractivity contribution in [3.8, 4) is 0 Å². The first-order valence-electron chi connectivity index (χ1n) is 7.34. The summed E-state index contributed by atoms with van der Waals surface area (Å²) in [6, 6.07) is 0.572. The summed E-state index contributed by atoms with van der Waals surface area (Å²) in [4.78, 5) is 14.2. The molecule has 7 nitrogen and oxygen atoms in total. The molecular formula is C13H20BrN5O2S. The average molecular weight is 390 g/mol. The van der Waals surface area contributed by atoms with Crippen molar-refractivity contribution in [3.63, 3.8) is 0 Å². The third kappa shape index (κ3) is 3.52. The highest BCUT2D eigenvalue weighted by atomic mass is 79.9. The van der Waals surface area contributed by atoms with Crippen molar-refractivity contribution < 1.29 is 9.53 Å². The van der Waals surface area contributed by atoms with Gasteiger partial charge < -0.3 is 9.64 Å². The van der Waals surface area contributed by atoms with Gasteiger partial charge in [-0.1, -0.05) is 11.3 Å². The third-order valence-corrected chi connectivity index (χ3v) is 5.18. The van der Waals surface area contributed by atoms with Crippen LogP contribution in [0.5, 0.6) is 0 Å². The molecule has 0 aromatic carbocycles. The maximum Gasteiger partial charge on any atom is 0.422 e. The number of anilines is 1. The second-order valence-corrected chi connectivity index (χ2v) is 8.88. The normalized spacial score (nSPS) is 25.4. The van der Waals surface area contributed by atoms with Gasteiger partial charge in [0.2, 0.25) is 5.13 Å². The molecule has 122 valence electrons. The van der Waals surface area contributed by atoms with Crippen molar-refractivity contribution in [3.05, 3.63) is 3.92 Å². The largest absolute Gasteiger partial charge is 0.443 e. The predicted molar refractivity (Wildman–Crippen MR) is 87.8 cm³/mol. The first-order valence-corrected chi connectivity index (χ1v) is 8.95. The lowest BCUT2D eigenvalue weighted by Crippen LogP contribution is -2.60. The van der Waals surface area contributed by atoms with Gasteiger partial charge in [0.15, 0.2) is 3.92 Å². The van der Waals surface area contributed by atoms with Crippen LogP contribution < -0.4 is 10.3 Å². The number of carbonyl (C=O) groups is 1. The Morgan fingerprint density at radius 2 is 1.95 bits per heavy atom. The number of hydrogen-bond acceptors (Lipinski definition) is 7. The Bertz CT molecular complexity index is 547. The molecule has 1 amide bonds. The lowest BCUT2D eigenvalue weighted by Gasteiger charge is -2.40. The number of ether oxygens (including phenoxy) is 1. The summed E-state index contributed by atoms with van der Waals surface area (Å²) in [5.74, 6) is 0. The summed E-state index contributed by atoms with van der Waals surface area (Å²) in [7, 11) is 0. The zero-order chi connectivity index (χ0) is 15.9. The number of amides is 1. The van der Waals surface area contributed by atoms with Crippen LogP contribution in [0.1, 0.15) is 33.6 Å². The fourth-order valence-electron chi connectivity index (χ4n) is 2.97. The number of halogens is 1. The highest BCUT2D eigenvalue weighted by molar-refractivity contribution is 9.11. The number of hydrogen-bond donors (Lipinski definition) is 1. The molecule has 2 atom stereocenters. The van der Waals surface area contributed by atoms with Gasteiger partial charge in [-0.25, -0.2) is 9.80 Å². The lowest BCUT2D eigenvalue weighted by atomic mass is 10.2. The topological polar surface area (TPSA) is 70.6 Å². The van der Waals surface area contributed by atoms with E-state index >= 15 is 0 Å². The first-order chi connectivity index (χ1) is 10.3. The molecule has 0 spiro atoms. The number of fused-ring (bicyclic) bond motifs is 2. The molecule has 2 aliphatic rings. The molecule has 2 fully saturated rings. The van der Waals surface area contributed by atoms with Gasteiger partial charge in [0.05, 0.1) is 0 Å². The Morgan fingerprint density at radius 1 is 1.32 bits per heavy atom. The van der Waals surface area contributed by atoms with Crippen LogP contribution in [0.15, 0.2) is 3.92 Å². The summed E-state index contributed by atoms with van der Waals surface area (Å²) >= 11 is 4.89. The number of hydrazine groups is 1. The van der Waals surface area contributed by atoms with E-state index in [2.05, 4.69) is 41.5 Å². The molecule has 22 heavy (non-hydrogen) atoms. The predicted octanol–water partition coefficient (Wildman–Crippen LogP) is 2.39. The Balaban J connectivity index is 1.62. The monoisotopic (exact) mass is 389 g/mol. The third-order valence-electron chi connectivity index (χ3n) is 3.76. The average Bonchev–Trinajstić information content (AvgIpc) is 2.89. The summed E-state index contributed by atoms with van der Waals surface area (Å²) < 4.78 is 6.14. The number of nitrogens with one attached hydrogen (secondary N) is 1. The van der Waals surface area contributed by atoms with Crippen molar-refractivity contribution in [1.29, 1.82) is 0 Å². The van der Waals surface area contributed by atoms with Crippen LogP contribution in [0.4, 0.5) is 9.93 Å². The van der Waals surface area contributed by atoms with E-state index in [4.69, 9.17) is 4.74 Å². The Morgan fingerprint density at radius 3 is 2.45 bits per heavy atom. The molecule has 9 heteroatoms. The van der Waals surface area contributed by atoms with E-state index in [-0.39, 0.29) is 18.2 Å². The summed E-state index contributed by atoms with van der Waals surface area (Å²) in [6.07, 6.45) is 1.75. The van der Waals surface area contributed by atoms with Crippen molar-refractivity contribution in [2.24, 2.45) is 0 Å². The van der Waals surface area contributed by atoms with Crippen LogP contribution in [-0.4, -0.2) is 52.1 Å². The van der Waals surface area contributed by atoms with Crippen LogP contribution in [0.2, 0.25) is 0 Å². The van der Waals surface area contributed by atoms with Crippen molar-refractivity contribution in [1.82, 2.24) is 20.6 Å². The maximum absolute atomic E-state index is 12.0. The number of aromatic nitrogens is 2. The molecule has 1 aromatic rings. The highest BCUT2D eigenvalue weighted by Gasteiger charge is 2.42. The standard InChI is InChI=1S/C13H20BrN5O2S/c1-13(2,3)21-12(20)17-19-8-4-5-9(19)7-18(6-8)11-16-15-10(14)22-11/h8-9H,4-7H2,1-3H3,(H,17,20)/t8-,9+. The molecule has 0 saturated carbocycles. The molecule has 1 N–H and O–H groups in total. The van der Waals surface area contributed by atoms with Gasteiger partial charge in [0.1, 0.15) is 5.60 Å². The fraction of sp³-hybridized carbons (Fsp3) is 0.769. The molecule has 3 heterocycles. The second-order valence-electron chi connectivity index (χ2n) is 6.65. The quantitative estimate of drug-likeness (QED) is 0.836. The summed E-state index contributed by atoms with van der Waals surface area (Å²) in [5, 5.41) is 11.2. The minimum Gasteiger partial charge on any atom is -0.443 e. The van der Waals surface area contributed by atoms with Crippen LogP contribution in [-0.2, 0) is 4.74 Å². The second kappa shape index (κ2) is 5.93. The molecule has 2 bridgehead atoms. The molecule has 0 unspecified atom stereocenters. The van der Waals surface area contributed by atoms with Gasteiger partial charge in [-0.3, -0.25) is 5.43 Å². The van der Waals surface area contributed by atoms with Crippen LogP contribution in [0.25, 0.3) is 0 Å². The Hall–Kier alpha value is -0.930. The summed E-state index contributed by atoms with van der Waals surface area (Å²) in [5.41, 5.74) is 2.44. The maximum atomic E-state index is 12.0. The van der Waals surface area contributed by atoms with E-state index in [1.807, 2.05) is 20.8 Å². The molecule has 3 rings (SSSR count). The molecule has 0 radical (unpaired) electrons. The lowest BCUT2D eigenvalue weighted by molar-refractivity contribution is 0.0197. The van der Waals surface area contributed by atoms with Crippen molar-refractivity contribution >= 4 is 38.5 Å². The van der Waals surface area contributed by atoms with Gasteiger partial charge in [0, 0.05) is 25.2 Å². The number of carbonyl (C=O) groups excluding carboxylic acids is 1. The molecule has 2 saturated heterocycles. The minimum atomic E-state index is -0.482. The van der Waals surface area contributed by atoms with E-state index in [0.29, 0.717) is 0 Å². The Labute approximate surface area is 142 Å². The molecule has 0 aliphatic carbocycles. The van der Waals surface area contributed by atoms with E-state index in [9.17, 15) is 4.79 Å². The van der Waals surface area contributed by atoms with Gasteiger partial charge in [-0.05, 0) is 49.5 Å². The van der Waals surface area contributed by atoms with Crippen molar-refractivity contribution in [2.75, 3.05) is 18.0 Å². The fourth-order valence-corrected chi connectivity index (χ4v) is 4.08. The van der Waals surface area contributed by atoms with Gasteiger partial charge in [-0.15, -0.1) is 10.2 Å².